The summed E-state index contributed by atoms with van der Waals surface area (Å²) in [6.07, 6.45) is 1.56. The summed E-state index contributed by atoms with van der Waals surface area (Å²) in [6.45, 7) is -0.489. The third kappa shape index (κ3) is 3.83. The van der Waals surface area contributed by atoms with Crippen LogP contribution in [0.5, 0.6) is 0 Å². The van der Waals surface area contributed by atoms with Crippen LogP contribution in [0.1, 0.15) is 5.69 Å². The van der Waals surface area contributed by atoms with Gasteiger partial charge in [-0.15, -0.1) is 0 Å². The lowest BCUT2D eigenvalue weighted by Gasteiger charge is -2.10. The topological polar surface area (TPSA) is 143 Å². The third-order valence-electron chi connectivity index (χ3n) is 3.70. The van der Waals surface area contributed by atoms with Gasteiger partial charge >= 0.3 is 5.97 Å². The SMILES string of the molecule is Nc1cc([N+](=O)[O-])ccc1-c1ccc(C=C2SC(=S)N(CC(=O)O)C2=O)[nH]1. The molecule has 2 heterocycles. The highest BCUT2D eigenvalue weighted by atomic mass is 32.2. The summed E-state index contributed by atoms with van der Waals surface area (Å²) in [5.74, 6) is -1.62. The van der Waals surface area contributed by atoms with Crippen LogP contribution in [0.15, 0.2) is 35.2 Å². The Hall–Kier alpha value is -3.18. The van der Waals surface area contributed by atoms with Crippen molar-refractivity contribution in [2.75, 3.05) is 12.3 Å². The minimum atomic E-state index is -1.15. The van der Waals surface area contributed by atoms with E-state index in [4.69, 9.17) is 23.1 Å². The molecule has 1 aromatic heterocycles. The van der Waals surface area contributed by atoms with Gasteiger partial charge in [-0.3, -0.25) is 24.6 Å². The van der Waals surface area contributed by atoms with Crippen LogP contribution in [0, 0.1) is 10.1 Å². The van der Waals surface area contributed by atoms with Crippen LogP contribution in [0.4, 0.5) is 11.4 Å². The molecule has 1 aromatic carbocycles. The molecular formula is C16H12N4O5S2. The molecule has 2 aromatic rings. The summed E-state index contributed by atoms with van der Waals surface area (Å²) >= 11 is 6.06. The summed E-state index contributed by atoms with van der Waals surface area (Å²) in [6, 6.07) is 7.59. The first kappa shape index (κ1) is 18.6. The zero-order chi connectivity index (χ0) is 19.7. The van der Waals surface area contributed by atoms with Crippen LogP contribution >= 0.6 is 24.0 Å². The van der Waals surface area contributed by atoms with E-state index in [0.717, 1.165) is 16.7 Å². The number of hydrogen-bond acceptors (Lipinski definition) is 7. The number of rotatable bonds is 5. The van der Waals surface area contributed by atoms with Crippen molar-refractivity contribution < 1.29 is 19.6 Å². The summed E-state index contributed by atoms with van der Waals surface area (Å²) < 4.78 is 0.181. The quantitative estimate of drug-likeness (QED) is 0.227. The first-order chi connectivity index (χ1) is 12.8. The fraction of sp³-hybridized carbons (Fsp3) is 0.0625. The number of anilines is 1. The molecule has 0 spiro atoms. The number of H-pyrrole nitrogens is 1. The van der Waals surface area contributed by atoms with E-state index in [9.17, 15) is 19.7 Å². The van der Waals surface area contributed by atoms with Crippen LogP contribution in [0.3, 0.4) is 0 Å². The molecule has 0 bridgehead atoms. The van der Waals surface area contributed by atoms with E-state index in [0.29, 0.717) is 21.9 Å². The third-order valence-corrected chi connectivity index (χ3v) is 5.08. The summed E-state index contributed by atoms with van der Waals surface area (Å²) in [7, 11) is 0. The molecule has 9 nitrogen and oxygen atoms in total. The molecule has 138 valence electrons. The minimum Gasteiger partial charge on any atom is -0.480 e. The fourth-order valence-electron chi connectivity index (χ4n) is 2.48. The van der Waals surface area contributed by atoms with Crippen LogP contribution in [-0.4, -0.2) is 42.7 Å². The lowest BCUT2D eigenvalue weighted by molar-refractivity contribution is -0.384. The lowest BCUT2D eigenvalue weighted by Crippen LogP contribution is -2.33. The maximum absolute atomic E-state index is 12.3. The number of aromatic nitrogens is 1. The van der Waals surface area contributed by atoms with Gasteiger partial charge in [0, 0.05) is 34.8 Å². The van der Waals surface area contributed by atoms with E-state index in [1.165, 1.54) is 18.2 Å². The van der Waals surface area contributed by atoms with Gasteiger partial charge in [0.15, 0.2) is 0 Å². The van der Waals surface area contributed by atoms with Crippen molar-refractivity contribution in [3.05, 3.63) is 51.0 Å². The fourth-order valence-corrected chi connectivity index (χ4v) is 3.72. The Labute approximate surface area is 162 Å². The maximum Gasteiger partial charge on any atom is 0.323 e. The Morgan fingerprint density at radius 2 is 2.15 bits per heavy atom. The number of nitro groups is 1. The predicted molar refractivity (Wildman–Crippen MR) is 105 cm³/mol. The van der Waals surface area contributed by atoms with E-state index in [2.05, 4.69) is 4.98 Å². The van der Waals surface area contributed by atoms with Crippen molar-refractivity contribution in [2.24, 2.45) is 0 Å². The molecule has 0 aliphatic carbocycles. The van der Waals surface area contributed by atoms with Crippen molar-refractivity contribution in [3.63, 3.8) is 0 Å². The van der Waals surface area contributed by atoms with Crippen molar-refractivity contribution in [1.29, 1.82) is 0 Å². The number of thioether (sulfide) groups is 1. The zero-order valence-electron chi connectivity index (χ0n) is 13.5. The van der Waals surface area contributed by atoms with Gasteiger partial charge < -0.3 is 15.8 Å². The molecule has 3 rings (SSSR count). The molecule has 11 heteroatoms. The van der Waals surface area contributed by atoms with Crippen molar-refractivity contribution in [1.82, 2.24) is 9.88 Å². The number of carbonyl (C=O) groups excluding carboxylic acids is 1. The van der Waals surface area contributed by atoms with Crippen LogP contribution in [0.2, 0.25) is 0 Å². The molecule has 1 aliphatic rings. The molecule has 4 N–H and O–H groups in total. The molecule has 0 unspecified atom stereocenters. The minimum absolute atomic E-state index is 0.106. The molecular weight excluding hydrogens is 392 g/mol. The molecule has 1 fully saturated rings. The number of thiocarbonyl (C=S) groups is 1. The van der Waals surface area contributed by atoms with Gasteiger partial charge in [0.05, 0.1) is 9.83 Å². The number of hydrogen-bond donors (Lipinski definition) is 3. The number of nitro benzene ring substituents is 1. The van der Waals surface area contributed by atoms with E-state index >= 15 is 0 Å². The number of aliphatic carboxylic acids is 1. The van der Waals surface area contributed by atoms with Crippen molar-refractivity contribution in [2.45, 2.75) is 0 Å². The zero-order valence-corrected chi connectivity index (χ0v) is 15.2. The number of amides is 1. The predicted octanol–water partition coefficient (Wildman–Crippen LogP) is 2.46. The van der Waals surface area contributed by atoms with E-state index in [1.807, 2.05) is 0 Å². The van der Waals surface area contributed by atoms with Gasteiger partial charge in [0.2, 0.25) is 0 Å². The van der Waals surface area contributed by atoms with Crippen LogP contribution in [0.25, 0.3) is 17.3 Å². The number of aromatic amines is 1. The maximum atomic E-state index is 12.3. The number of nitrogens with two attached hydrogens (primary N) is 1. The summed E-state index contributed by atoms with van der Waals surface area (Å²) in [4.78, 5) is 37.8. The van der Waals surface area contributed by atoms with E-state index < -0.39 is 23.3 Å². The number of nitrogens with zero attached hydrogens (tertiary/aromatic N) is 2. The number of benzene rings is 1. The smallest absolute Gasteiger partial charge is 0.323 e. The lowest BCUT2D eigenvalue weighted by atomic mass is 10.1. The van der Waals surface area contributed by atoms with Gasteiger partial charge in [-0.05, 0) is 24.3 Å². The second kappa shape index (κ2) is 7.21. The first-order valence-electron chi connectivity index (χ1n) is 7.46. The van der Waals surface area contributed by atoms with E-state index in [1.54, 1.807) is 18.2 Å². The molecule has 0 radical (unpaired) electrons. The second-order valence-corrected chi connectivity index (χ2v) is 7.19. The standard InChI is InChI=1S/C16H12N4O5S2/c17-11-6-9(20(24)25)2-3-10(11)12-4-1-8(18-12)5-13-15(23)19(7-14(21)22)16(26)27-13/h1-6,18H,7,17H2,(H,21,22). The number of nitrogen functional groups attached to an aromatic ring is 1. The first-order valence-corrected chi connectivity index (χ1v) is 8.69. The van der Waals surface area contributed by atoms with Crippen molar-refractivity contribution in [3.8, 4) is 11.3 Å². The average Bonchev–Trinajstić information content (AvgIpc) is 3.15. The average molecular weight is 404 g/mol. The Bertz CT molecular complexity index is 1010. The normalized spacial score (nSPS) is 15.6. The van der Waals surface area contributed by atoms with Crippen LogP contribution < -0.4 is 5.73 Å². The Kier molecular flexibility index (Phi) is 4.97. The highest BCUT2D eigenvalue weighted by molar-refractivity contribution is 8.26. The van der Waals surface area contributed by atoms with E-state index in [-0.39, 0.29) is 15.7 Å². The van der Waals surface area contributed by atoms with Crippen LogP contribution in [-0.2, 0) is 9.59 Å². The second-order valence-electron chi connectivity index (χ2n) is 5.52. The van der Waals surface area contributed by atoms with Gasteiger partial charge in [-0.1, -0.05) is 24.0 Å². The molecule has 1 aliphatic heterocycles. The van der Waals surface area contributed by atoms with Gasteiger partial charge in [-0.25, -0.2) is 0 Å². The van der Waals surface area contributed by atoms with Gasteiger partial charge in [0.1, 0.15) is 10.9 Å². The van der Waals surface area contributed by atoms with Crippen molar-refractivity contribution >= 4 is 57.6 Å². The molecule has 1 saturated heterocycles. The number of carboxylic acid groups (broad SMARTS) is 1. The van der Waals surface area contributed by atoms with Gasteiger partial charge in [0.25, 0.3) is 11.6 Å². The molecule has 1 amide bonds. The summed E-state index contributed by atoms with van der Waals surface area (Å²) in [5, 5.41) is 19.7. The molecule has 27 heavy (non-hydrogen) atoms. The Balaban J connectivity index is 1.86. The highest BCUT2D eigenvalue weighted by Crippen LogP contribution is 2.33. The van der Waals surface area contributed by atoms with Gasteiger partial charge in [-0.2, -0.15) is 0 Å². The number of nitrogens with one attached hydrogen (secondary N) is 1. The summed E-state index contributed by atoms with van der Waals surface area (Å²) in [5.41, 5.74) is 7.81. The highest BCUT2D eigenvalue weighted by Gasteiger charge is 2.33. The number of non-ortho nitro benzene ring substituents is 1. The molecule has 0 atom stereocenters. The molecule has 0 saturated carbocycles. The Morgan fingerprint density at radius 1 is 1.41 bits per heavy atom. The largest absolute Gasteiger partial charge is 0.480 e. The monoisotopic (exact) mass is 404 g/mol. The number of carbonyl (C=O) groups is 2. The Morgan fingerprint density at radius 3 is 2.78 bits per heavy atom. The number of carboxylic acids is 1.